The topological polar surface area (TPSA) is 62.5 Å². The van der Waals surface area contributed by atoms with Crippen LogP contribution in [0, 0.1) is 13.8 Å². The van der Waals surface area contributed by atoms with Gasteiger partial charge in [-0.15, -0.1) is 0 Å². The number of hydrogen-bond acceptors (Lipinski definition) is 4. The Balaban J connectivity index is 1.56. The number of aromatic nitrogens is 3. The Bertz CT molecular complexity index is 972. The van der Waals surface area contributed by atoms with Gasteiger partial charge in [-0.05, 0) is 63.0 Å². The minimum atomic E-state index is -0.117. The summed E-state index contributed by atoms with van der Waals surface area (Å²) in [5.74, 6) is -0.117. The summed E-state index contributed by atoms with van der Waals surface area (Å²) >= 11 is 0. The lowest BCUT2D eigenvalue weighted by Crippen LogP contribution is -2.33. The van der Waals surface area contributed by atoms with E-state index in [2.05, 4.69) is 52.3 Å². The maximum atomic E-state index is 12.6. The first-order valence-electron chi connectivity index (χ1n) is 9.54. The SMILES string of the molecule is Cc1ccc(-c2ccnc3c(C(=O)NCCN4CCCC4)cnn23)cc1C. The van der Waals surface area contributed by atoms with Gasteiger partial charge in [-0.25, -0.2) is 9.50 Å². The standard InChI is InChI=1S/C21H25N5O/c1-15-5-6-17(13-16(15)2)19-7-8-22-20-18(14-24-26(19)20)21(27)23-9-12-25-10-3-4-11-25/h5-8,13-14H,3-4,9-12H2,1-2H3,(H,23,27). The van der Waals surface area contributed by atoms with Gasteiger partial charge in [0.05, 0.1) is 11.9 Å². The summed E-state index contributed by atoms with van der Waals surface area (Å²) < 4.78 is 1.75. The molecule has 0 atom stereocenters. The van der Waals surface area contributed by atoms with Crippen LogP contribution >= 0.6 is 0 Å². The zero-order valence-electron chi connectivity index (χ0n) is 15.9. The number of nitrogens with zero attached hydrogens (tertiary/aromatic N) is 4. The fourth-order valence-electron chi connectivity index (χ4n) is 3.60. The molecule has 1 saturated heterocycles. The molecule has 0 radical (unpaired) electrons. The lowest BCUT2D eigenvalue weighted by Gasteiger charge is -2.14. The van der Waals surface area contributed by atoms with E-state index in [0.29, 0.717) is 17.8 Å². The molecular weight excluding hydrogens is 338 g/mol. The summed E-state index contributed by atoms with van der Waals surface area (Å²) in [4.78, 5) is 19.4. The third-order valence-corrected chi connectivity index (χ3v) is 5.36. The maximum absolute atomic E-state index is 12.6. The van der Waals surface area contributed by atoms with Crippen LogP contribution in [0.1, 0.15) is 34.3 Å². The average Bonchev–Trinajstić information content (AvgIpc) is 3.33. The molecule has 0 saturated carbocycles. The molecule has 0 bridgehead atoms. The zero-order valence-corrected chi connectivity index (χ0v) is 15.9. The van der Waals surface area contributed by atoms with Crippen molar-refractivity contribution in [1.82, 2.24) is 24.8 Å². The van der Waals surface area contributed by atoms with Crippen LogP contribution in [0.5, 0.6) is 0 Å². The van der Waals surface area contributed by atoms with Gasteiger partial charge in [0.2, 0.25) is 0 Å². The number of benzene rings is 1. The largest absolute Gasteiger partial charge is 0.351 e. The number of amides is 1. The van der Waals surface area contributed by atoms with E-state index in [1.807, 2.05) is 6.07 Å². The monoisotopic (exact) mass is 363 g/mol. The molecule has 140 valence electrons. The molecule has 1 fully saturated rings. The Kier molecular flexibility index (Phi) is 4.90. The summed E-state index contributed by atoms with van der Waals surface area (Å²) in [6.07, 6.45) is 5.86. The number of carbonyl (C=O) groups is 1. The Hall–Kier alpha value is -2.73. The van der Waals surface area contributed by atoms with E-state index in [1.165, 1.54) is 24.0 Å². The number of fused-ring (bicyclic) bond motifs is 1. The molecule has 1 aliphatic heterocycles. The molecule has 3 heterocycles. The van der Waals surface area contributed by atoms with Gasteiger partial charge in [-0.1, -0.05) is 12.1 Å². The average molecular weight is 363 g/mol. The Morgan fingerprint density at radius 3 is 2.74 bits per heavy atom. The number of hydrogen-bond donors (Lipinski definition) is 1. The van der Waals surface area contributed by atoms with Crippen LogP contribution in [0.25, 0.3) is 16.9 Å². The van der Waals surface area contributed by atoms with Crippen LogP contribution in [-0.2, 0) is 0 Å². The van der Waals surface area contributed by atoms with E-state index in [1.54, 1.807) is 16.9 Å². The first kappa shape index (κ1) is 17.7. The number of carbonyl (C=O) groups excluding carboxylic acids is 1. The highest BCUT2D eigenvalue weighted by Crippen LogP contribution is 2.23. The van der Waals surface area contributed by atoms with Gasteiger partial charge < -0.3 is 10.2 Å². The van der Waals surface area contributed by atoms with Crippen LogP contribution in [-0.4, -0.2) is 51.6 Å². The highest BCUT2D eigenvalue weighted by molar-refractivity contribution is 5.99. The van der Waals surface area contributed by atoms with Gasteiger partial charge >= 0.3 is 0 Å². The van der Waals surface area contributed by atoms with Crippen LogP contribution in [0.3, 0.4) is 0 Å². The molecule has 6 nitrogen and oxygen atoms in total. The predicted molar refractivity (Wildman–Crippen MR) is 106 cm³/mol. The van der Waals surface area contributed by atoms with Crippen molar-refractivity contribution < 1.29 is 4.79 Å². The van der Waals surface area contributed by atoms with Crippen LogP contribution in [0.2, 0.25) is 0 Å². The van der Waals surface area contributed by atoms with Crippen LogP contribution in [0.4, 0.5) is 0 Å². The maximum Gasteiger partial charge on any atom is 0.256 e. The van der Waals surface area contributed by atoms with E-state index in [0.717, 1.165) is 30.9 Å². The van der Waals surface area contributed by atoms with Crippen molar-refractivity contribution in [3.05, 3.63) is 53.3 Å². The van der Waals surface area contributed by atoms with Crippen molar-refractivity contribution in [2.45, 2.75) is 26.7 Å². The highest BCUT2D eigenvalue weighted by atomic mass is 16.1. The Morgan fingerprint density at radius 2 is 1.96 bits per heavy atom. The van der Waals surface area contributed by atoms with Crippen LogP contribution in [0.15, 0.2) is 36.7 Å². The number of rotatable bonds is 5. The third kappa shape index (κ3) is 3.57. The molecule has 3 aromatic rings. The van der Waals surface area contributed by atoms with Crippen molar-refractivity contribution in [2.24, 2.45) is 0 Å². The predicted octanol–water partition coefficient (Wildman–Crippen LogP) is 2.84. The minimum absolute atomic E-state index is 0.117. The Morgan fingerprint density at radius 1 is 1.15 bits per heavy atom. The van der Waals surface area contributed by atoms with Crippen molar-refractivity contribution >= 4 is 11.6 Å². The normalized spacial score (nSPS) is 14.7. The molecular formula is C21H25N5O. The summed E-state index contributed by atoms with van der Waals surface area (Å²) in [6, 6.07) is 8.25. The summed E-state index contributed by atoms with van der Waals surface area (Å²) in [5, 5.41) is 7.44. The Labute approximate surface area is 159 Å². The summed E-state index contributed by atoms with van der Waals surface area (Å²) in [7, 11) is 0. The second-order valence-electron chi connectivity index (χ2n) is 7.23. The summed E-state index contributed by atoms with van der Waals surface area (Å²) in [5.41, 5.74) is 5.58. The third-order valence-electron chi connectivity index (χ3n) is 5.36. The lowest BCUT2D eigenvalue weighted by molar-refractivity contribution is 0.0951. The molecule has 0 spiro atoms. The lowest BCUT2D eigenvalue weighted by atomic mass is 10.0. The molecule has 27 heavy (non-hydrogen) atoms. The molecule has 4 rings (SSSR count). The summed E-state index contributed by atoms with van der Waals surface area (Å²) in [6.45, 7) is 8.00. The van der Waals surface area contributed by atoms with Gasteiger partial charge in [0.25, 0.3) is 5.91 Å². The van der Waals surface area contributed by atoms with E-state index in [-0.39, 0.29) is 5.91 Å². The van der Waals surface area contributed by atoms with Crippen molar-refractivity contribution in [1.29, 1.82) is 0 Å². The van der Waals surface area contributed by atoms with Gasteiger partial charge in [0.1, 0.15) is 5.56 Å². The minimum Gasteiger partial charge on any atom is -0.351 e. The molecule has 2 aromatic heterocycles. The molecule has 0 aliphatic carbocycles. The molecule has 1 aromatic carbocycles. The molecule has 6 heteroatoms. The number of nitrogens with one attached hydrogen (secondary N) is 1. The molecule has 1 amide bonds. The van der Waals surface area contributed by atoms with Crippen LogP contribution < -0.4 is 5.32 Å². The number of likely N-dealkylation sites (tertiary alicyclic amines) is 1. The second-order valence-corrected chi connectivity index (χ2v) is 7.23. The molecule has 1 N–H and O–H groups in total. The number of aryl methyl sites for hydroxylation is 2. The smallest absolute Gasteiger partial charge is 0.256 e. The fourth-order valence-corrected chi connectivity index (χ4v) is 3.60. The van der Waals surface area contributed by atoms with Gasteiger partial charge in [0.15, 0.2) is 5.65 Å². The highest BCUT2D eigenvalue weighted by Gasteiger charge is 2.17. The van der Waals surface area contributed by atoms with E-state index < -0.39 is 0 Å². The van der Waals surface area contributed by atoms with E-state index in [4.69, 9.17) is 0 Å². The zero-order chi connectivity index (χ0) is 18.8. The quantitative estimate of drug-likeness (QED) is 0.757. The molecule has 0 unspecified atom stereocenters. The van der Waals surface area contributed by atoms with Gasteiger partial charge in [-0.2, -0.15) is 5.10 Å². The van der Waals surface area contributed by atoms with Crippen molar-refractivity contribution in [3.63, 3.8) is 0 Å². The van der Waals surface area contributed by atoms with E-state index >= 15 is 0 Å². The molecule has 1 aliphatic rings. The van der Waals surface area contributed by atoms with Gasteiger partial charge in [-0.3, -0.25) is 4.79 Å². The van der Waals surface area contributed by atoms with Crippen molar-refractivity contribution in [3.8, 4) is 11.3 Å². The fraction of sp³-hybridized carbons (Fsp3) is 0.381. The first-order chi connectivity index (χ1) is 13.1. The first-order valence-corrected chi connectivity index (χ1v) is 9.54. The van der Waals surface area contributed by atoms with E-state index in [9.17, 15) is 4.79 Å². The van der Waals surface area contributed by atoms with Crippen molar-refractivity contribution in [2.75, 3.05) is 26.2 Å². The van der Waals surface area contributed by atoms with Gasteiger partial charge in [0, 0.05) is 24.8 Å². The second kappa shape index (κ2) is 7.48.